The lowest BCUT2D eigenvalue weighted by atomic mass is 9.98. The van der Waals surface area contributed by atoms with Gasteiger partial charge in [-0.3, -0.25) is 0 Å². The van der Waals surface area contributed by atoms with Crippen LogP contribution in [-0.2, 0) is 0 Å². The van der Waals surface area contributed by atoms with E-state index in [2.05, 4.69) is 240 Å². The number of nitrogens with zero attached hydrogens (tertiary/aromatic N) is 2. The summed E-state index contributed by atoms with van der Waals surface area (Å²) in [5, 5.41) is 12.7. The molecule has 10 aromatic carbocycles. The van der Waals surface area contributed by atoms with Crippen LogP contribution in [0.2, 0.25) is 0 Å². The molecule has 0 saturated heterocycles. The minimum absolute atomic E-state index is 0.905. The van der Waals surface area contributed by atoms with Gasteiger partial charge in [0, 0.05) is 43.7 Å². The van der Waals surface area contributed by atoms with Gasteiger partial charge in [-0.2, -0.15) is 0 Å². The van der Waals surface area contributed by atoms with Crippen LogP contribution in [0.1, 0.15) is 0 Å². The topological polar surface area (TPSA) is 23.0 Å². The van der Waals surface area contributed by atoms with Crippen molar-refractivity contribution < 1.29 is 4.42 Å². The molecule has 3 aromatic heterocycles. The van der Waals surface area contributed by atoms with Crippen LogP contribution in [0.5, 0.6) is 0 Å². The Hall–Kier alpha value is -8.18. The van der Waals surface area contributed by atoms with Gasteiger partial charge in [0.15, 0.2) is 8.07 Å². The zero-order valence-corrected chi connectivity index (χ0v) is 35.9. The summed E-state index contributed by atoms with van der Waals surface area (Å²) in [5.41, 5.74) is 11.2. The second-order valence-electron chi connectivity index (χ2n) is 16.8. The van der Waals surface area contributed by atoms with Crippen molar-refractivity contribution in [1.29, 1.82) is 0 Å². The molecule has 3 nitrogen and oxygen atoms in total. The maximum absolute atomic E-state index is 6.23. The van der Waals surface area contributed by atoms with Gasteiger partial charge in [-0.1, -0.05) is 182 Å². The third-order valence-electron chi connectivity index (χ3n) is 13.5. The van der Waals surface area contributed by atoms with Crippen LogP contribution < -0.4 is 20.7 Å². The molecule has 0 spiro atoms. The second-order valence-corrected chi connectivity index (χ2v) is 20.6. The van der Waals surface area contributed by atoms with Crippen LogP contribution in [0.4, 0.5) is 0 Å². The zero-order valence-electron chi connectivity index (χ0n) is 34.9. The highest BCUT2D eigenvalue weighted by Gasteiger charge is 2.41. The summed E-state index contributed by atoms with van der Waals surface area (Å²) in [4.78, 5) is 0. The fraction of sp³-hybridized carbons (Fsp3) is 0. The molecule has 0 unspecified atom stereocenters. The van der Waals surface area contributed by atoms with Crippen LogP contribution in [-0.4, -0.2) is 17.2 Å². The van der Waals surface area contributed by atoms with Crippen molar-refractivity contribution in [1.82, 2.24) is 9.13 Å². The number of furan rings is 1. The van der Waals surface area contributed by atoms with Gasteiger partial charge in [-0.15, -0.1) is 0 Å². The fourth-order valence-corrected chi connectivity index (χ4v) is 15.5. The first-order chi connectivity index (χ1) is 31.8. The van der Waals surface area contributed by atoms with Crippen molar-refractivity contribution in [3.05, 3.63) is 243 Å². The standard InChI is InChI=1S/C60H40N2OSi/c1-4-17-44(18-5-1)64(45-19-6-2-7-20-45,46-21-8-3-9-22-46)47-35-32-42(33-36-47)61-54-27-13-10-23-49(54)50-37-34-43(40-57(50)61)62-55-28-14-11-25-52(55)60-48(26-16-29-56(60)62)41-31-38-59-53(39-41)51-24-12-15-30-58(51)63-59/h1-40H. The highest BCUT2D eigenvalue weighted by Crippen LogP contribution is 2.41. The molecule has 0 radical (unpaired) electrons. The van der Waals surface area contributed by atoms with Gasteiger partial charge in [0.1, 0.15) is 11.2 Å². The number of benzene rings is 10. The summed E-state index contributed by atoms with van der Waals surface area (Å²) in [6.45, 7) is 0. The van der Waals surface area contributed by atoms with Gasteiger partial charge in [-0.25, -0.2) is 0 Å². The van der Waals surface area contributed by atoms with Gasteiger partial charge >= 0.3 is 0 Å². The first-order valence-electron chi connectivity index (χ1n) is 22.0. The van der Waals surface area contributed by atoms with Crippen LogP contribution in [0, 0.1) is 0 Å². The molecule has 0 fully saturated rings. The Balaban J connectivity index is 1.01. The molecule has 3 heterocycles. The lowest BCUT2D eigenvalue weighted by molar-refractivity contribution is 0.669. The van der Waals surface area contributed by atoms with Crippen LogP contribution >= 0.6 is 0 Å². The number of hydrogen-bond donors (Lipinski definition) is 0. The van der Waals surface area contributed by atoms with Crippen molar-refractivity contribution in [3.63, 3.8) is 0 Å². The molecule has 0 aliphatic rings. The average Bonchev–Trinajstić information content (AvgIpc) is 4.03. The largest absolute Gasteiger partial charge is 0.456 e. The van der Waals surface area contributed by atoms with E-state index in [0.717, 1.165) is 33.3 Å². The molecule has 13 rings (SSSR count). The summed E-state index contributed by atoms with van der Waals surface area (Å²) < 4.78 is 11.1. The Morgan fingerprint density at radius 3 is 1.48 bits per heavy atom. The van der Waals surface area contributed by atoms with Gasteiger partial charge in [0.05, 0.1) is 22.1 Å². The van der Waals surface area contributed by atoms with E-state index >= 15 is 0 Å². The van der Waals surface area contributed by atoms with E-state index in [9.17, 15) is 0 Å². The molecule has 4 heteroatoms. The van der Waals surface area contributed by atoms with Gasteiger partial charge in [-0.05, 0) is 92.5 Å². The molecule has 0 N–H and O–H groups in total. The number of para-hydroxylation sites is 3. The van der Waals surface area contributed by atoms with E-state index < -0.39 is 8.07 Å². The molecule has 0 bridgehead atoms. The van der Waals surface area contributed by atoms with E-state index in [1.54, 1.807) is 0 Å². The monoisotopic (exact) mass is 832 g/mol. The fourth-order valence-electron chi connectivity index (χ4n) is 10.7. The third-order valence-corrected chi connectivity index (χ3v) is 18.3. The summed E-state index contributed by atoms with van der Waals surface area (Å²) in [6, 6.07) is 89.3. The molecule has 64 heavy (non-hydrogen) atoms. The third kappa shape index (κ3) is 5.39. The van der Waals surface area contributed by atoms with Crippen molar-refractivity contribution in [2.45, 2.75) is 0 Å². The minimum Gasteiger partial charge on any atom is -0.456 e. The predicted molar refractivity (Wildman–Crippen MR) is 271 cm³/mol. The highest BCUT2D eigenvalue weighted by molar-refractivity contribution is 7.19. The van der Waals surface area contributed by atoms with E-state index in [-0.39, 0.29) is 0 Å². The Kier molecular flexibility index (Phi) is 8.23. The molecule has 0 atom stereocenters. The van der Waals surface area contributed by atoms with Gasteiger partial charge in [0.2, 0.25) is 0 Å². The SMILES string of the molecule is c1ccc([Si](c2ccccc2)(c2ccccc2)c2ccc(-n3c4ccccc4c4ccc(-n5c6ccccc6c6c(-c7ccc8oc9ccccc9c8c7)cccc65)cc43)cc2)cc1. The molecule has 0 saturated carbocycles. The Morgan fingerprint density at radius 1 is 0.297 bits per heavy atom. The Bertz CT molecular complexity index is 3790. The highest BCUT2D eigenvalue weighted by atomic mass is 28.3. The van der Waals surface area contributed by atoms with Crippen molar-refractivity contribution in [3.8, 4) is 22.5 Å². The lowest BCUT2D eigenvalue weighted by Gasteiger charge is -2.34. The smallest absolute Gasteiger partial charge is 0.179 e. The number of hydrogen-bond acceptors (Lipinski definition) is 1. The first-order valence-corrected chi connectivity index (χ1v) is 24.0. The predicted octanol–water partition coefficient (Wildman–Crippen LogP) is 12.8. The summed E-state index contributed by atoms with van der Waals surface area (Å²) >= 11 is 0. The second kappa shape index (κ2) is 14.5. The van der Waals surface area contributed by atoms with Crippen molar-refractivity contribution >= 4 is 94.4 Å². The number of rotatable bonds is 7. The van der Waals surface area contributed by atoms with Crippen molar-refractivity contribution in [2.75, 3.05) is 0 Å². The lowest BCUT2D eigenvalue weighted by Crippen LogP contribution is -2.74. The maximum atomic E-state index is 6.23. The summed E-state index contributed by atoms with van der Waals surface area (Å²) in [5.74, 6) is 0. The van der Waals surface area contributed by atoms with Crippen LogP contribution in [0.15, 0.2) is 247 Å². The Morgan fingerprint density at radius 2 is 0.797 bits per heavy atom. The van der Waals surface area contributed by atoms with Crippen LogP contribution in [0.25, 0.3) is 88.1 Å². The molecule has 0 amide bonds. The molecule has 0 aliphatic carbocycles. The summed E-state index contributed by atoms with van der Waals surface area (Å²) in [6.07, 6.45) is 0. The number of fused-ring (bicyclic) bond motifs is 9. The van der Waals surface area contributed by atoms with E-state index in [4.69, 9.17) is 4.42 Å². The molecule has 13 aromatic rings. The normalized spacial score (nSPS) is 12.1. The van der Waals surface area contributed by atoms with Crippen molar-refractivity contribution in [2.24, 2.45) is 0 Å². The van der Waals surface area contributed by atoms with Gasteiger partial charge in [0.25, 0.3) is 0 Å². The maximum Gasteiger partial charge on any atom is 0.179 e. The van der Waals surface area contributed by atoms with Gasteiger partial charge < -0.3 is 13.6 Å². The van der Waals surface area contributed by atoms with E-state index in [1.807, 2.05) is 12.1 Å². The molecule has 0 aliphatic heterocycles. The zero-order chi connectivity index (χ0) is 42.2. The molecule has 300 valence electrons. The number of aromatic nitrogens is 2. The summed E-state index contributed by atoms with van der Waals surface area (Å²) in [7, 11) is -2.68. The molecular weight excluding hydrogens is 793 g/mol. The van der Waals surface area contributed by atoms with E-state index in [1.165, 1.54) is 75.5 Å². The van der Waals surface area contributed by atoms with Crippen LogP contribution in [0.3, 0.4) is 0 Å². The Labute approximate surface area is 371 Å². The first kappa shape index (κ1) is 36.5. The minimum atomic E-state index is -2.68. The van der Waals surface area contributed by atoms with E-state index in [0.29, 0.717) is 0 Å². The molecular formula is C60H40N2OSi. The quantitative estimate of drug-likeness (QED) is 0.116. The average molecular weight is 833 g/mol.